The van der Waals surface area contributed by atoms with Gasteiger partial charge in [-0.15, -0.1) is 5.56 Å². The zero-order valence-corrected chi connectivity index (χ0v) is 8.39. The van der Waals surface area contributed by atoms with Crippen LogP contribution in [0.5, 0.6) is 0 Å². The van der Waals surface area contributed by atoms with Crippen molar-refractivity contribution < 1.29 is 32.7 Å². The van der Waals surface area contributed by atoms with E-state index in [1.54, 1.807) is 6.20 Å². The van der Waals surface area contributed by atoms with E-state index in [1.165, 1.54) is 0 Å². The molecule has 0 unspecified atom stereocenters. The van der Waals surface area contributed by atoms with Crippen LogP contribution >= 0.6 is 0 Å². The topological polar surface area (TPSA) is 25.8 Å². The van der Waals surface area contributed by atoms with Crippen molar-refractivity contribution in [3.05, 3.63) is 23.8 Å². The zero-order chi connectivity index (χ0) is 5.98. The molecular weight excluding hydrogens is 189 g/mol. The van der Waals surface area contributed by atoms with Crippen molar-refractivity contribution in [2.75, 3.05) is 0 Å². The molecule has 9 heavy (non-hydrogen) atoms. The summed E-state index contributed by atoms with van der Waals surface area (Å²) in [7, 11) is 0. The van der Waals surface area contributed by atoms with Crippen LogP contribution in [0, 0.1) is 20.2 Å². The molecule has 0 saturated heterocycles. The van der Waals surface area contributed by atoms with Crippen LogP contribution < -0.4 is 0 Å². The van der Waals surface area contributed by atoms with Crippen LogP contribution in [-0.4, -0.2) is 9.97 Å². The largest absolute Gasteiger partial charge is 0.374 e. The molecule has 2 nitrogen and oxygen atoms in total. The minimum atomic E-state index is 0. The fourth-order valence-electron chi connectivity index (χ4n) is 0.411. The Morgan fingerprint density at radius 3 is 2.44 bits per heavy atom. The molecule has 1 radical (unpaired) electrons. The molecular formula is C6H7N2Y-. The van der Waals surface area contributed by atoms with Crippen LogP contribution in [0.4, 0.5) is 0 Å². The van der Waals surface area contributed by atoms with Crippen molar-refractivity contribution in [2.24, 2.45) is 0 Å². The minimum absolute atomic E-state index is 0. The quantitative estimate of drug-likeness (QED) is 0.576. The summed E-state index contributed by atoms with van der Waals surface area (Å²) in [6, 6.07) is 0. The van der Waals surface area contributed by atoms with E-state index in [2.05, 4.69) is 16.3 Å². The smallest absolute Gasteiger partial charge is 0.0216 e. The molecule has 0 bridgehead atoms. The summed E-state index contributed by atoms with van der Waals surface area (Å²) in [4.78, 5) is 7.55. The van der Waals surface area contributed by atoms with Gasteiger partial charge >= 0.3 is 0 Å². The fraction of sp³-hybridized carbons (Fsp3) is 0.333. The van der Waals surface area contributed by atoms with Crippen LogP contribution in [0.15, 0.2) is 6.20 Å². The van der Waals surface area contributed by atoms with E-state index < -0.39 is 0 Å². The van der Waals surface area contributed by atoms with Crippen molar-refractivity contribution in [2.45, 2.75) is 13.8 Å². The molecule has 0 aliphatic heterocycles. The second-order valence-electron chi connectivity index (χ2n) is 1.74. The average molecular weight is 196 g/mol. The van der Waals surface area contributed by atoms with Crippen molar-refractivity contribution in [1.29, 1.82) is 0 Å². The maximum atomic E-state index is 3.84. The van der Waals surface area contributed by atoms with E-state index in [9.17, 15) is 0 Å². The first-order valence-electron chi connectivity index (χ1n) is 2.47. The second-order valence-corrected chi connectivity index (χ2v) is 1.74. The number of aryl methyl sites for hydroxylation is 2. The van der Waals surface area contributed by atoms with Gasteiger partial charge in [-0.05, 0) is 0 Å². The van der Waals surface area contributed by atoms with Crippen molar-refractivity contribution in [3.8, 4) is 0 Å². The molecule has 0 aliphatic carbocycles. The van der Waals surface area contributed by atoms with Crippen LogP contribution in [0.1, 0.15) is 11.3 Å². The second kappa shape index (κ2) is 4.07. The number of rotatable bonds is 0. The third-order valence-corrected chi connectivity index (χ3v) is 1.10. The molecule has 1 rings (SSSR count). The van der Waals surface area contributed by atoms with Crippen LogP contribution in [-0.2, 0) is 32.7 Å². The molecule has 0 saturated carbocycles. The van der Waals surface area contributed by atoms with Gasteiger partial charge in [-0.2, -0.15) is 0 Å². The summed E-state index contributed by atoms with van der Waals surface area (Å²) in [6.45, 7) is 3.91. The Morgan fingerprint density at radius 2 is 2.11 bits per heavy atom. The number of hydrogen-bond donors (Lipinski definition) is 0. The van der Waals surface area contributed by atoms with Crippen LogP contribution in [0.3, 0.4) is 0 Å². The van der Waals surface area contributed by atoms with E-state index in [-0.39, 0.29) is 32.7 Å². The normalized spacial score (nSPS) is 8.22. The molecule has 0 amide bonds. The van der Waals surface area contributed by atoms with E-state index >= 15 is 0 Å². The maximum absolute atomic E-state index is 3.84. The van der Waals surface area contributed by atoms with Gasteiger partial charge in [0, 0.05) is 39.0 Å². The molecule has 0 aliphatic rings. The van der Waals surface area contributed by atoms with Crippen LogP contribution in [0.25, 0.3) is 0 Å². The Bertz CT molecular complexity index is 167. The van der Waals surface area contributed by atoms with Gasteiger partial charge in [0.2, 0.25) is 0 Å². The SMILES string of the molecule is Cc1cn[c-]nc1C.[Y]. The first kappa shape index (κ1) is 9.18. The van der Waals surface area contributed by atoms with Gasteiger partial charge in [-0.25, -0.2) is 0 Å². The number of hydrogen-bond acceptors (Lipinski definition) is 2. The molecule has 0 spiro atoms. The summed E-state index contributed by atoms with van der Waals surface area (Å²) in [5, 5.41) is 0. The summed E-state index contributed by atoms with van der Waals surface area (Å²) in [6.07, 6.45) is 4.25. The summed E-state index contributed by atoms with van der Waals surface area (Å²) in [5.41, 5.74) is 2.11. The number of aromatic nitrogens is 2. The Balaban J connectivity index is 0.000000640. The molecule has 1 aromatic rings. The van der Waals surface area contributed by atoms with Crippen LogP contribution in [0.2, 0.25) is 0 Å². The van der Waals surface area contributed by atoms with E-state index in [0.29, 0.717) is 0 Å². The monoisotopic (exact) mass is 196 g/mol. The standard InChI is InChI=1S/C6H7N2.Y/c1-5-3-7-4-8-6(5)2;/h3H,1-2H3;/q-1;. The van der Waals surface area contributed by atoms with Gasteiger partial charge in [-0.3, -0.25) is 0 Å². The predicted molar refractivity (Wildman–Crippen MR) is 30.3 cm³/mol. The molecule has 45 valence electrons. The van der Waals surface area contributed by atoms with Crippen molar-refractivity contribution in [3.63, 3.8) is 0 Å². The van der Waals surface area contributed by atoms with Gasteiger partial charge < -0.3 is 9.97 Å². The molecule has 1 heterocycles. The Kier molecular flexibility index (Phi) is 4.16. The van der Waals surface area contributed by atoms with Crippen molar-refractivity contribution in [1.82, 2.24) is 9.97 Å². The molecule has 0 aromatic carbocycles. The average Bonchev–Trinajstić information content (AvgIpc) is 1.77. The van der Waals surface area contributed by atoms with E-state index in [1.807, 2.05) is 13.8 Å². The first-order chi connectivity index (χ1) is 3.80. The van der Waals surface area contributed by atoms with Gasteiger partial charge in [-0.1, -0.05) is 25.7 Å². The summed E-state index contributed by atoms with van der Waals surface area (Å²) in [5.74, 6) is 0. The molecule has 1 aromatic heterocycles. The molecule has 0 atom stereocenters. The van der Waals surface area contributed by atoms with Gasteiger partial charge in [0.05, 0.1) is 0 Å². The van der Waals surface area contributed by atoms with Crippen molar-refractivity contribution >= 4 is 0 Å². The van der Waals surface area contributed by atoms with Gasteiger partial charge in [0.1, 0.15) is 0 Å². The van der Waals surface area contributed by atoms with E-state index in [0.717, 1.165) is 11.3 Å². The Hall–Kier alpha value is 0.184. The first-order valence-corrected chi connectivity index (χ1v) is 2.47. The molecule has 3 heteroatoms. The number of nitrogens with zero attached hydrogens (tertiary/aromatic N) is 2. The maximum Gasteiger partial charge on any atom is 0.0216 e. The Morgan fingerprint density at radius 1 is 1.44 bits per heavy atom. The summed E-state index contributed by atoms with van der Waals surface area (Å²) < 4.78 is 0. The Labute approximate surface area is 80.0 Å². The zero-order valence-electron chi connectivity index (χ0n) is 5.55. The minimum Gasteiger partial charge on any atom is -0.374 e. The van der Waals surface area contributed by atoms with Gasteiger partial charge in [0.25, 0.3) is 0 Å². The molecule has 0 fully saturated rings. The van der Waals surface area contributed by atoms with E-state index in [4.69, 9.17) is 0 Å². The third kappa shape index (κ3) is 2.50. The summed E-state index contributed by atoms with van der Waals surface area (Å²) >= 11 is 0. The predicted octanol–water partition coefficient (Wildman–Crippen LogP) is 0.891. The van der Waals surface area contributed by atoms with Gasteiger partial charge in [0.15, 0.2) is 0 Å². The third-order valence-electron chi connectivity index (χ3n) is 1.10. The fourth-order valence-corrected chi connectivity index (χ4v) is 0.411. The molecule has 0 N–H and O–H groups in total.